The summed E-state index contributed by atoms with van der Waals surface area (Å²) in [5.41, 5.74) is 1.94. The molecule has 26 heavy (non-hydrogen) atoms. The summed E-state index contributed by atoms with van der Waals surface area (Å²) in [5, 5.41) is 14.4. The van der Waals surface area contributed by atoms with Crippen molar-refractivity contribution in [3.05, 3.63) is 58.9 Å². The maximum Gasteiger partial charge on any atom is 0.354 e. The van der Waals surface area contributed by atoms with Crippen molar-refractivity contribution in [3.8, 4) is 0 Å². The third-order valence-corrected chi connectivity index (χ3v) is 3.65. The van der Waals surface area contributed by atoms with E-state index in [9.17, 15) is 14.4 Å². The highest BCUT2D eigenvalue weighted by Gasteiger charge is 2.12. The van der Waals surface area contributed by atoms with Crippen molar-refractivity contribution in [1.29, 1.82) is 0 Å². The molecule has 0 fully saturated rings. The molecule has 2 rings (SSSR count). The number of benzene rings is 1. The van der Waals surface area contributed by atoms with Crippen molar-refractivity contribution >= 4 is 23.5 Å². The highest BCUT2D eigenvalue weighted by Crippen LogP contribution is 2.18. The van der Waals surface area contributed by atoms with Crippen LogP contribution in [-0.4, -0.2) is 34.4 Å². The number of anilines is 1. The van der Waals surface area contributed by atoms with E-state index in [1.165, 1.54) is 18.3 Å². The molecule has 1 aromatic heterocycles. The predicted molar refractivity (Wildman–Crippen MR) is 97.5 cm³/mol. The van der Waals surface area contributed by atoms with Gasteiger partial charge < -0.3 is 15.7 Å². The Morgan fingerprint density at radius 3 is 2.31 bits per heavy atom. The van der Waals surface area contributed by atoms with Crippen molar-refractivity contribution in [2.24, 2.45) is 5.92 Å². The lowest BCUT2D eigenvalue weighted by Gasteiger charge is -2.11. The average Bonchev–Trinajstić information content (AvgIpc) is 2.61. The Labute approximate surface area is 151 Å². The Balaban J connectivity index is 2.08. The van der Waals surface area contributed by atoms with E-state index in [2.05, 4.69) is 15.6 Å². The number of carboxylic acid groups (broad SMARTS) is 1. The normalized spacial score (nSPS) is 10.5. The van der Waals surface area contributed by atoms with E-state index in [1.807, 2.05) is 13.8 Å². The lowest BCUT2D eigenvalue weighted by molar-refractivity contribution is 0.0689. The van der Waals surface area contributed by atoms with Crippen LogP contribution in [-0.2, 0) is 0 Å². The molecular formula is C19H21N3O4. The second-order valence-corrected chi connectivity index (χ2v) is 6.32. The average molecular weight is 355 g/mol. The SMILES string of the molecule is Cc1cc(C(=O)NCC(C)C)ccc1NC(=O)c1ccc(C(=O)O)nc1. The molecule has 0 aliphatic carbocycles. The molecule has 0 saturated heterocycles. The Morgan fingerprint density at radius 1 is 1.08 bits per heavy atom. The van der Waals surface area contributed by atoms with E-state index in [-0.39, 0.29) is 17.2 Å². The van der Waals surface area contributed by atoms with Crippen LogP contribution in [0.25, 0.3) is 0 Å². The lowest BCUT2D eigenvalue weighted by Crippen LogP contribution is -2.27. The molecule has 1 aromatic carbocycles. The molecule has 136 valence electrons. The number of aromatic nitrogens is 1. The molecule has 3 N–H and O–H groups in total. The topological polar surface area (TPSA) is 108 Å². The fourth-order valence-electron chi connectivity index (χ4n) is 2.19. The quantitative estimate of drug-likeness (QED) is 0.738. The van der Waals surface area contributed by atoms with Gasteiger partial charge >= 0.3 is 5.97 Å². The highest BCUT2D eigenvalue weighted by molar-refractivity contribution is 6.05. The highest BCUT2D eigenvalue weighted by atomic mass is 16.4. The summed E-state index contributed by atoms with van der Waals surface area (Å²) in [5.74, 6) is -1.36. The third kappa shape index (κ3) is 4.89. The number of carbonyl (C=O) groups is 3. The summed E-state index contributed by atoms with van der Waals surface area (Å²) >= 11 is 0. The Hall–Kier alpha value is -3.22. The number of nitrogens with zero attached hydrogens (tertiary/aromatic N) is 1. The van der Waals surface area contributed by atoms with Gasteiger partial charge in [-0.2, -0.15) is 0 Å². The van der Waals surface area contributed by atoms with E-state index < -0.39 is 11.9 Å². The number of nitrogens with one attached hydrogen (secondary N) is 2. The van der Waals surface area contributed by atoms with Crippen LogP contribution >= 0.6 is 0 Å². The number of hydrogen-bond acceptors (Lipinski definition) is 4. The molecule has 0 aliphatic rings. The standard InChI is InChI=1S/C19H21N3O4/c1-11(2)9-21-17(23)13-4-6-15(12(3)8-13)22-18(24)14-5-7-16(19(25)26)20-10-14/h4-8,10-11H,9H2,1-3H3,(H,21,23)(H,22,24)(H,25,26). The molecule has 0 aliphatic heterocycles. The number of aryl methyl sites for hydroxylation is 1. The summed E-state index contributed by atoms with van der Waals surface area (Å²) in [6.07, 6.45) is 1.21. The fourth-order valence-corrected chi connectivity index (χ4v) is 2.19. The van der Waals surface area contributed by atoms with Gasteiger partial charge in [0.2, 0.25) is 0 Å². The van der Waals surface area contributed by atoms with Gasteiger partial charge in [0.25, 0.3) is 11.8 Å². The lowest BCUT2D eigenvalue weighted by atomic mass is 10.1. The van der Waals surface area contributed by atoms with Crippen LogP contribution in [0.1, 0.15) is 50.6 Å². The van der Waals surface area contributed by atoms with Crippen LogP contribution in [0, 0.1) is 12.8 Å². The van der Waals surface area contributed by atoms with Gasteiger partial charge in [0.05, 0.1) is 5.56 Å². The van der Waals surface area contributed by atoms with Crippen LogP contribution in [0.2, 0.25) is 0 Å². The third-order valence-electron chi connectivity index (χ3n) is 3.65. The van der Waals surface area contributed by atoms with Gasteiger partial charge in [-0.15, -0.1) is 0 Å². The molecule has 0 unspecified atom stereocenters. The Morgan fingerprint density at radius 2 is 1.77 bits per heavy atom. The number of pyridine rings is 1. The summed E-state index contributed by atoms with van der Waals surface area (Å²) in [6.45, 7) is 6.42. The van der Waals surface area contributed by atoms with Crippen LogP contribution < -0.4 is 10.6 Å². The van der Waals surface area contributed by atoms with Crippen molar-refractivity contribution < 1.29 is 19.5 Å². The molecule has 1 heterocycles. The van der Waals surface area contributed by atoms with Crippen LogP contribution in [0.15, 0.2) is 36.5 Å². The van der Waals surface area contributed by atoms with Crippen molar-refractivity contribution in [2.45, 2.75) is 20.8 Å². The van der Waals surface area contributed by atoms with Gasteiger partial charge in [-0.25, -0.2) is 9.78 Å². The first-order valence-electron chi connectivity index (χ1n) is 8.17. The molecule has 0 spiro atoms. The zero-order valence-electron chi connectivity index (χ0n) is 14.9. The molecule has 2 amide bonds. The fraction of sp³-hybridized carbons (Fsp3) is 0.263. The largest absolute Gasteiger partial charge is 0.477 e. The van der Waals surface area contributed by atoms with E-state index in [4.69, 9.17) is 5.11 Å². The molecule has 0 radical (unpaired) electrons. The van der Waals surface area contributed by atoms with Crippen molar-refractivity contribution in [1.82, 2.24) is 10.3 Å². The minimum Gasteiger partial charge on any atom is -0.477 e. The van der Waals surface area contributed by atoms with E-state index >= 15 is 0 Å². The van der Waals surface area contributed by atoms with E-state index in [1.54, 1.807) is 25.1 Å². The van der Waals surface area contributed by atoms with Crippen molar-refractivity contribution in [2.75, 3.05) is 11.9 Å². The number of aromatic carboxylic acids is 1. The minimum atomic E-state index is -1.15. The molecular weight excluding hydrogens is 334 g/mol. The first-order valence-corrected chi connectivity index (χ1v) is 8.17. The van der Waals surface area contributed by atoms with E-state index in [0.717, 1.165) is 5.56 Å². The maximum absolute atomic E-state index is 12.3. The molecule has 0 saturated carbocycles. The van der Waals surface area contributed by atoms with Crippen LogP contribution in [0.4, 0.5) is 5.69 Å². The minimum absolute atomic E-state index is 0.130. The first kappa shape index (κ1) is 19.1. The van der Waals surface area contributed by atoms with Gasteiger partial charge in [0, 0.05) is 24.0 Å². The van der Waals surface area contributed by atoms with Crippen LogP contribution in [0.5, 0.6) is 0 Å². The second-order valence-electron chi connectivity index (χ2n) is 6.32. The molecule has 7 nitrogen and oxygen atoms in total. The van der Waals surface area contributed by atoms with Gasteiger partial charge in [-0.3, -0.25) is 9.59 Å². The van der Waals surface area contributed by atoms with Gasteiger partial charge in [0.1, 0.15) is 5.69 Å². The smallest absolute Gasteiger partial charge is 0.354 e. The number of amides is 2. The zero-order chi connectivity index (χ0) is 19.3. The predicted octanol–water partition coefficient (Wildman–Crippen LogP) is 2.73. The molecule has 7 heteroatoms. The van der Waals surface area contributed by atoms with Gasteiger partial charge in [-0.1, -0.05) is 13.8 Å². The zero-order valence-corrected chi connectivity index (χ0v) is 14.9. The summed E-state index contributed by atoms with van der Waals surface area (Å²) in [7, 11) is 0. The molecule has 0 bridgehead atoms. The van der Waals surface area contributed by atoms with E-state index in [0.29, 0.717) is 23.7 Å². The molecule has 0 atom stereocenters. The second kappa shape index (κ2) is 8.24. The Kier molecular flexibility index (Phi) is 6.06. The number of rotatable bonds is 6. The maximum atomic E-state index is 12.3. The van der Waals surface area contributed by atoms with Gasteiger partial charge in [0.15, 0.2) is 0 Å². The monoisotopic (exact) mass is 355 g/mol. The van der Waals surface area contributed by atoms with Crippen LogP contribution in [0.3, 0.4) is 0 Å². The summed E-state index contributed by atoms with van der Waals surface area (Å²) in [4.78, 5) is 38.9. The first-order chi connectivity index (χ1) is 12.3. The summed E-state index contributed by atoms with van der Waals surface area (Å²) < 4.78 is 0. The number of carboxylic acids is 1. The number of hydrogen-bond donors (Lipinski definition) is 3. The van der Waals surface area contributed by atoms with Crippen molar-refractivity contribution in [3.63, 3.8) is 0 Å². The summed E-state index contributed by atoms with van der Waals surface area (Å²) in [6, 6.07) is 7.68. The molecule has 2 aromatic rings. The Bertz CT molecular complexity index is 829. The number of carbonyl (C=O) groups excluding carboxylic acids is 2. The van der Waals surface area contributed by atoms with Gasteiger partial charge in [-0.05, 0) is 48.7 Å².